The molecule has 0 bridgehead atoms. The number of benzene rings is 2. The van der Waals surface area contributed by atoms with Gasteiger partial charge < -0.3 is 0 Å². The van der Waals surface area contributed by atoms with Gasteiger partial charge in [-0.05, 0) is 25.5 Å². The molecule has 1 aromatic heterocycles. The van der Waals surface area contributed by atoms with Crippen molar-refractivity contribution >= 4 is 34.0 Å². The van der Waals surface area contributed by atoms with Crippen LogP contribution in [-0.4, -0.2) is 21.4 Å². The number of aryl methyl sites for hydroxylation is 1. The number of hydrogen-bond donors (Lipinski definition) is 1. The summed E-state index contributed by atoms with van der Waals surface area (Å²) in [6.45, 7) is 4.25. The molecule has 0 saturated carbocycles. The van der Waals surface area contributed by atoms with E-state index < -0.39 is 5.91 Å². The zero-order chi connectivity index (χ0) is 20.1. The molecular weight excluding hydrogens is 376 g/mol. The molecule has 144 valence electrons. The predicted octanol–water partition coefficient (Wildman–Crippen LogP) is 4.00. The summed E-state index contributed by atoms with van der Waals surface area (Å²) in [5.74, 6) is -0.479. The maximum atomic E-state index is 12.8. The largest absolute Gasteiger partial charge is 0.292 e. The summed E-state index contributed by atoms with van der Waals surface area (Å²) in [5, 5.41) is 9.98. The van der Waals surface area contributed by atoms with Gasteiger partial charge in [0.15, 0.2) is 5.69 Å². The Bertz CT molecular complexity index is 1110. The van der Waals surface area contributed by atoms with Crippen LogP contribution in [-0.2, 0) is 6.54 Å². The lowest BCUT2D eigenvalue weighted by atomic mass is 10.1. The molecule has 28 heavy (non-hydrogen) atoms. The number of hydrogen-bond acceptors (Lipinski definition) is 4. The molecule has 0 aliphatic heterocycles. The van der Waals surface area contributed by atoms with Crippen molar-refractivity contribution in [1.29, 1.82) is 0 Å². The molecule has 0 fully saturated rings. The molecule has 0 unspecified atom stereocenters. The van der Waals surface area contributed by atoms with E-state index >= 15 is 0 Å². The van der Waals surface area contributed by atoms with Gasteiger partial charge in [-0.15, -0.1) is 0 Å². The first-order valence-corrected chi connectivity index (χ1v) is 9.50. The third-order valence-electron chi connectivity index (χ3n) is 4.40. The number of nitrogens with zero attached hydrogens (tertiary/aromatic N) is 3. The second kappa shape index (κ2) is 8.80. The Kier molecular flexibility index (Phi) is 6.21. The summed E-state index contributed by atoms with van der Waals surface area (Å²) >= 11 is 6.17. The number of fused-ring (bicyclic) bond motifs is 1. The van der Waals surface area contributed by atoms with Crippen LogP contribution in [0.25, 0.3) is 10.8 Å². The monoisotopic (exact) mass is 396 g/mol. The van der Waals surface area contributed by atoms with E-state index in [1.165, 1.54) is 4.68 Å². The minimum absolute atomic E-state index is 0.169. The van der Waals surface area contributed by atoms with Crippen LogP contribution < -0.4 is 11.0 Å². The number of amides is 1. The fourth-order valence-electron chi connectivity index (χ4n) is 2.86. The molecule has 1 N–H and O–H groups in total. The number of aromatic nitrogens is 2. The van der Waals surface area contributed by atoms with Crippen molar-refractivity contribution in [2.45, 2.75) is 33.2 Å². The van der Waals surface area contributed by atoms with Gasteiger partial charge in [0, 0.05) is 22.5 Å². The topological polar surface area (TPSA) is 76.3 Å². The van der Waals surface area contributed by atoms with Gasteiger partial charge in [-0.2, -0.15) is 10.2 Å². The van der Waals surface area contributed by atoms with Crippen LogP contribution in [0.15, 0.2) is 58.4 Å². The normalized spacial score (nSPS) is 11.6. The van der Waals surface area contributed by atoms with Crippen LogP contribution in [0.2, 0.25) is 5.02 Å². The smallest absolute Gasteiger partial charge is 0.267 e. The van der Waals surface area contributed by atoms with E-state index in [4.69, 9.17) is 11.6 Å². The van der Waals surface area contributed by atoms with Gasteiger partial charge in [0.05, 0.1) is 11.1 Å². The quantitative estimate of drug-likeness (QED) is 0.505. The number of carbonyl (C=O) groups excluding carboxylic acids is 1. The first-order chi connectivity index (χ1) is 13.5. The highest BCUT2D eigenvalue weighted by molar-refractivity contribution is 6.34. The van der Waals surface area contributed by atoms with Crippen molar-refractivity contribution in [3.8, 4) is 0 Å². The standard InChI is InChI=1S/C21H21ClN4O2/c1-3-4-13-26-21(28)17-11-6-5-10-16(17)19(25-26)20(27)24-23-14(2)15-9-7-8-12-18(15)22/h5-12H,3-4,13H2,1-2H3,(H,24,27)/b23-14+. The number of halogens is 1. The van der Waals surface area contributed by atoms with Gasteiger partial charge in [-0.25, -0.2) is 10.1 Å². The van der Waals surface area contributed by atoms with E-state index in [-0.39, 0.29) is 11.3 Å². The Morgan fingerprint density at radius 1 is 1.14 bits per heavy atom. The number of unbranched alkanes of at least 4 members (excludes halogenated alkanes) is 1. The highest BCUT2D eigenvalue weighted by Gasteiger charge is 2.16. The number of nitrogens with one attached hydrogen (secondary N) is 1. The second-order valence-corrected chi connectivity index (χ2v) is 6.80. The average Bonchev–Trinajstić information content (AvgIpc) is 2.72. The summed E-state index contributed by atoms with van der Waals surface area (Å²) in [5.41, 5.74) is 3.81. The van der Waals surface area contributed by atoms with Crippen LogP contribution in [0.3, 0.4) is 0 Å². The van der Waals surface area contributed by atoms with Crippen LogP contribution in [0, 0.1) is 0 Å². The molecule has 0 radical (unpaired) electrons. The highest BCUT2D eigenvalue weighted by Crippen LogP contribution is 2.16. The van der Waals surface area contributed by atoms with Gasteiger partial charge >= 0.3 is 0 Å². The predicted molar refractivity (Wildman–Crippen MR) is 112 cm³/mol. The number of hydrazone groups is 1. The Hall–Kier alpha value is -2.99. The fourth-order valence-corrected chi connectivity index (χ4v) is 3.14. The summed E-state index contributed by atoms with van der Waals surface area (Å²) in [4.78, 5) is 25.4. The Morgan fingerprint density at radius 3 is 2.54 bits per heavy atom. The Morgan fingerprint density at radius 2 is 1.82 bits per heavy atom. The van der Waals surface area contributed by atoms with E-state index in [2.05, 4.69) is 15.6 Å². The summed E-state index contributed by atoms with van der Waals surface area (Å²) in [6, 6.07) is 14.2. The molecule has 0 atom stereocenters. The van der Waals surface area contributed by atoms with E-state index in [1.54, 1.807) is 37.3 Å². The molecule has 7 heteroatoms. The van der Waals surface area contributed by atoms with Gasteiger partial charge in [0.1, 0.15) is 0 Å². The molecule has 3 aromatic rings. The van der Waals surface area contributed by atoms with E-state index in [9.17, 15) is 9.59 Å². The Balaban J connectivity index is 1.97. The zero-order valence-electron chi connectivity index (χ0n) is 15.8. The first-order valence-electron chi connectivity index (χ1n) is 9.12. The number of rotatable bonds is 6. The molecule has 0 spiro atoms. The van der Waals surface area contributed by atoms with Gasteiger partial charge in [0.25, 0.3) is 11.5 Å². The summed E-state index contributed by atoms with van der Waals surface area (Å²) < 4.78 is 1.35. The van der Waals surface area contributed by atoms with E-state index in [1.807, 2.05) is 25.1 Å². The lowest BCUT2D eigenvalue weighted by Crippen LogP contribution is -2.29. The third-order valence-corrected chi connectivity index (χ3v) is 4.72. The molecular formula is C21H21ClN4O2. The second-order valence-electron chi connectivity index (χ2n) is 6.39. The maximum absolute atomic E-state index is 12.8. The lowest BCUT2D eigenvalue weighted by Gasteiger charge is -2.10. The molecule has 1 heterocycles. The van der Waals surface area contributed by atoms with Crippen LogP contribution >= 0.6 is 11.6 Å². The lowest BCUT2D eigenvalue weighted by molar-refractivity contribution is 0.0949. The van der Waals surface area contributed by atoms with E-state index in [0.29, 0.717) is 28.1 Å². The molecule has 0 saturated heterocycles. The maximum Gasteiger partial charge on any atom is 0.292 e. The zero-order valence-corrected chi connectivity index (χ0v) is 16.5. The minimum Gasteiger partial charge on any atom is -0.267 e. The van der Waals surface area contributed by atoms with Crippen LogP contribution in [0.1, 0.15) is 42.7 Å². The summed E-state index contributed by atoms with van der Waals surface area (Å²) in [7, 11) is 0. The third kappa shape index (κ3) is 4.12. The van der Waals surface area contributed by atoms with Crippen molar-refractivity contribution < 1.29 is 4.79 Å². The SMILES string of the molecule is CCCCn1nc(C(=O)N/N=C(\C)c2ccccc2Cl)c2ccccc2c1=O. The van der Waals surface area contributed by atoms with Crippen molar-refractivity contribution in [2.24, 2.45) is 5.10 Å². The fraction of sp³-hybridized carbons (Fsp3) is 0.238. The average molecular weight is 397 g/mol. The first kappa shape index (κ1) is 19.8. The molecule has 1 amide bonds. The van der Waals surface area contributed by atoms with Crippen molar-refractivity contribution in [2.75, 3.05) is 0 Å². The molecule has 2 aromatic carbocycles. The molecule has 0 aliphatic rings. The van der Waals surface area contributed by atoms with Crippen molar-refractivity contribution in [3.63, 3.8) is 0 Å². The van der Waals surface area contributed by atoms with Crippen LogP contribution in [0.5, 0.6) is 0 Å². The van der Waals surface area contributed by atoms with Crippen molar-refractivity contribution in [1.82, 2.24) is 15.2 Å². The highest BCUT2D eigenvalue weighted by atomic mass is 35.5. The summed E-state index contributed by atoms with van der Waals surface area (Å²) in [6.07, 6.45) is 1.72. The van der Waals surface area contributed by atoms with E-state index in [0.717, 1.165) is 18.4 Å². The Labute approximate surface area is 167 Å². The number of carbonyl (C=O) groups is 1. The molecule has 6 nitrogen and oxygen atoms in total. The molecule has 0 aliphatic carbocycles. The van der Waals surface area contributed by atoms with Crippen LogP contribution in [0.4, 0.5) is 0 Å². The minimum atomic E-state index is -0.479. The van der Waals surface area contributed by atoms with Gasteiger partial charge in [-0.3, -0.25) is 9.59 Å². The van der Waals surface area contributed by atoms with Gasteiger partial charge in [0.2, 0.25) is 0 Å². The van der Waals surface area contributed by atoms with Gasteiger partial charge in [-0.1, -0.05) is 61.3 Å². The van der Waals surface area contributed by atoms with Crippen molar-refractivity contribution in [3.05, 3.63) is 75.2 Å². The molecule has 3 rings (SSSR count).